The lowest BCUT2D eigenvalue weighted by atomic mass is 10.1. The van der Waals surface area contributed by atoms with Crippen molar-refractivity contribution in [1.29, 1.82) is 0 Å². The number of carbonyl (C=O) groups is 1. The standard InChI is InChI=1S/C19H17ClN2OS/c1-12-4-6-13(7-5-12)16-18(24)22(19(2,3)21-16)17(23)14-8-10-15(20)11-9-14/h4-11H,1-3H3. The molecule has 5 heteroatoms. The highest BCUT2D eigenvalue weighted by atomic mass is 35.5. The number of benzene rings is 2. The van der Waals surface area contributed by atoms with Crippen molar-refractivity contribution in [1.82, 2.24) is 4.90 Å². The van der Waals surface area contributed by atoms with E-state index in [1.165, 1.54) is 0 Å². The third-order valence-electron chi connectivity index (χ3n) is 3.96. The first-order chi connectivity index (χ1) is 11.3. The van der Waals surface area contributed by atoms with E-state index in [0.717, 1.165) is 11.1 Å². The normalized spacial score (nSPS) is 16.2. The minimum absolute atomic E-state index is 0.174. The van der Waals surface area contributed by atoms with Crippen molar-refractivity contribution in [2.24, 2.45) is 4.99 Å². The highest BCUT2D eigenvalue weighted by molar-refractivity contribution is 7.82. The number of hydrogen-bond acceptors (Lipinski definition) is 3. The molecule has 3 rings (SSSR count). The van der Waals surface area contributed by atoms with Crippen LogP contribution in [0.3, 0.4) is 0 Å². The monoisotopic (exact) mass is 356 g/mol. The van der Waals surface area contributed by atoms with Crippen LogP contribution < -0.4 is 0 Å². The van der Waals surface area contributed by atoms with Gasteiger partial charge in [-0.15, -0.1) is 0 Å². The van der Waals surface area contributed by atoms with E-state index >= 15 is 0 Å². The molecule has 24 heavy (non-hydrogen) atoms. The lowest BCUT2D eigenvalue weighted by Crippen LogP contribution is -2.46. The van der Waals surface area contributed by atoms with E-state index in [0.29, 0.717) is 21.3 Å². The van der Waals surface area contributed by atoms with Crippen LogP contribution in [0.15, 0.2) is 53.5 Å². The molecule has 2 aromatic rings. The molecule has 0 bridgehead atoms. The Hall–Kier alpha value is -2.04. The maximum atomic E-state index is 12.9. The first kappa shape index (κ1) is 16.8. The highest BCUT2D eigenvalue weighted by Gasteiger charge is 2.42. The van der Waals surface area contributed by atoms with Crippen molar-refractivity contribution in [3.05, 3.63) is 70.2 Å². The van der Waals surface area contributed by atoms with Gasteiger partial charge in [0, 0.05) is 16.1 Å². The number of thiocarbonyl (C=S) groups is 1. The molecule has 1 aliphatic heterocycles. The molecule has 0 atom stereocenters. The summed E-state index contributed by atoms with van der Waals surface area (Å²) in [6.45, 7) is 5.79. The zero-order valence-electron chi connectivity index (χ0n) is 13.7. The first-order valence-electron chi connectivity index (χ1n) is 7.61. The molecule has 122 valence electrons. The van der Waals surface area contributed by atoms with E-state index in [2.05, 4.69) is 0 Å². The quantitative estimate of drug-likeness (QED) is 0.733. The fourth-order valence-corrected chi connectivity index (χ4v) is 3.28. The van der Waals surface area contributed by atoms with Crippen LogP contribution in [0.4, 0.5) is 0 Å². The third kappa shape index (κ3) is 2.99. The Kier molecular flexibility index (Phi) is 4.28. The maximum Gasteiger partial charge on any atom is 0.260 e. The smallest absolute Gasteiger partial charge is 0.260 e. The lowest BCUT2D eigenvalue weighted by Gasteiger charge is -2.29. The Morgan fingerprint density at radius 3 is 2.25 bits per heavy atom. The Morgan fingerprint density at radius 2 is 1.67 bits per heavy atom. The number of rotatable bonds is 2. The number of carbonyl (C=O) groups excluding carboxylic acids is 1. The summed E-state index contributed by atoms with van der Waals surface area (Å²) in [6, 6.07) is 14.8. The summed E-state index contributed by atoms with van der Waals surface area (Å²) < 4.78 is 0. The van der Waals surface area contributed by atoms with Gasteiger partial charge in [0.2, 0.25) is 0 Å². The summed E-state index contributed by atoms with van der Waals surface area (Å²) in [5.74, 6) is -0.174. The number of hydrogen-bond donors (Lipinski definition) is 0. The van der Waals surface area contributed by atoms with E-state index in [4.69, 9.17) is 28.8 Å². The van der Waals surface area contributed by atoms with E-state index in [-0.39, 0.29) is 5.91 Å². The van der Waals surface area contributed by atoms with Gasteiger partial charge in [-0.05, 0) is 45.0 Å². The highest BCUT2D eigenvalue weighted by Crippen LogP contribution is 2.29. The fourth-order valence-electron chi connectivity index (χ4n) is 2.69. The van der Waals surface area contributed by atoms with Gasteiger partial charge in [0.25, 0.3) is 5.91 Å². The zero-order chi connectivity index (χ0) is 17.5. The number of aryl methyl sites for hydroxylation is 1. The molecule has 0 fully saturated rings. The number of nitrogens with zero attached hydrogens (tertiary/aromatic N) is 2. The van der Waals surface area contributed by atoms with Gasteiger partial charge in [-0.2, -0.15) is 0 Å². The van der Waals surface area contributed by atoms with E-state index in [1.807, 2.05) is 45.0 Å². The summed E-state index contributed by atoms with van der Waals surface area (Å²) in [5, 5.41) is 0.589. The molecule has 0 saturated heterocycles. The topological polar surface area (TPSA) is 32.7 Å². The van der Waals surface area contributed by atoms with Crippen LogP contribution in [-0.4, -0.2) is 27.2 Å². The van der Waals surface area contributed by atoms with E-state index in [1.54, 1.807) is 29.2 Å². The van der Waals surface area contributed by atoms with Crippen LogP contribution in [0, 0.1) is 6.92 Å². The van der Waals surface area contributed by atoms with Gasteiger partial charge < -0.3 is 0 Å². The van der Waals surface area contributed by atoms with E-state index in [9.17, 15) is 4.79 Å². The third-order valence-corrected chi connectivity index (χ3v) is 4.59. The number of aliphatic imine (C=N–C) groups is 1. The second-order valence-electron chi connectivity index (χ2n) is 6.27. The van der Waals surface area contributed by atoms with Crippen molar-refractivity contribution in [3.63, 3.8) is 0 Å². The van der Waals surface area contributed by atoms with Crippen LogP contribution in [0.1, 0.15) is 35.3 Å². The predicted octanol–water partition coefficient (Wildman–Crippen LogP) is 4.66. The van der Waals surface area contributed by atoms with Crippen molar-refractivity contribution in [2.45, 2.75) is 26.4 Å². The Bertz CT molecular complexity index is 839. The lowest BCUT2D eigenvalue weighted by molar-refractivity contribution is 0.0758. The largest absolute Gasteiger partial charge is 0.272 e. The molecule has 0 radical (unpaired) electrons. The molecule has 0 saturated carbocycles. The number of amides is 1. The second kappa shape index (κ2) is 6.11. The van der Waals surface area contributed by atoms with Crippen LogP contribution >= 0.6 is 23.8 Å². The Labute approximate surface area is 152 Å². The van der Waals surface area contributed by atoms with Gasteiger partial charge in [-0.1, -0.05) is 53.6 Å². The molecule has 1 aliphatic rings. The van der Waals surface area contributed by atoms with Crippen molar-refractivity contribution < 1.29 is 4.79 Å². The molecule has 0 spiro atoms. The molecular formula is C19H17ClN2OS. The van der Waals surface area contributed by atoms with E-state index < -0.39 is 5.66 Å². The molecule has 0 aliphatic carbocycles. The maximum absolute atomic E-state index is 12.9. The van der Waals surface area contributed by atoms with Crippen LogP contribution in [-0.2, 0) is 0 Å². The van der Waals surface area contributed by atoms with Crippen molar-refractivity contribution >= 4 is 40.4 Å². The van der Waals surface area contributed by atoms with Crippen molar-refractivity contribution in [3.8, 4) is 0 Å². The average Bonchev–Trinajstić information content (AvgIpc) is 2.78. The zero-order valence-corrected chi connectivity index (χ0v) is 15.3. The summed E-state index contributed by atoms with van der Waals surface area (Å²) in [7, 11) is 0. The molecule has 0 N–H and O–H groups in total. The molecule has 1 amide bonds. The minimum atomic E-state index is -0.728. The fraction of sp³-hybridized carbons (Fsp3) is 0.211. The van der Waals surface area contributed by atoms with Crippen LogP contribution in [0.2, 0.25) is 5.02 Å². The second-order valence-corrected chi connectivity index (χ2v) is 7.10. The van der Waals surface area contributed by atoms with Gasteiger partial charge in [0.15, 0.2) is 0 Å². The molecule has 0 aromatic heterocycles. The van der Waals surface area contributed by atoms with Gasteiger partial charge in [-0.3, -0.25) is 14.7 Å². The van der Waals surface area contributed by atoms with Crippen molar-refractivity contribution in [2.75, 3.05) is 0 Å². The van der Waals surface area contributed by atoms with Gasteiger partial charge in [0.05, 0.1) is 0 Å². The van der Waals surface area contributed by atoms with Gasteiger partial charge >= 0.3 is 0 Å². The molecule has 2 aromatic carbocycles. The van der Waals surface area contributed by atoms with Gasteiger partial charge in [-0.25, -0.2) is 0 Å². The van der Waals surface area contributed by atoms with Gasteiger partial charge in [0.1, 0.15) is 16.4 Å². The molecule has 1 heterocycles. The molecular weight excluding hydrogens is 340 g/mol. The summed E-state index contributed by atoms with van der Waals surface area (Å²) in [5.41, 5.74) is 2.57. The molecule has 0 unspecified atom stereocenters. The Balaban J connectivity index is 1.96. The first-order valence-corrected chi connectivity index (χ1v) is 8.39. The van der Waals surface area contributed by atoms with Crippen LogP contribution in [0.25, 0.3) is 0 Å². The SMILES string of the molecule is Cc1ccc(C2=NC(C)(C)N(C(=O)c3ccc(Cl)cc3)C2=S)cc1. The summed E-state index contributed by atoms with van der Waals surface area (Å²) in [6.07, 6.45) is 0. The predicted molar refractivity (Wildman–Crippen MR) is 102 cm³/mol. The average molecular weight is 357 g/mol. The summed E-state index contributed by atoms with van der Waals surface area (Å²) in [4.78, 5) is 19.7. The Morgan fingerprint density at radius 1 is 1.08 bits per heavy atom. The minimum Gasteiger partial charge on any atom is -0.272 e. The number of halogens is 1. The van der Waals surface area contributed by atoms with Crippen LogP contribution in [0.5, 0.6) is 0 Å². The molecule has 3 nitrogen and oxygen atoms in total. The summed E-state index contributed by atoms with van der Waals surface area (Å²) >= 11 is 11.5.